The molecule has 0 aliphatic heterocycles. The molecule has 0 amide bonds. The number of imidazole rings is 1. The second-order valence-corrected chi connectivity index (χ2v) is 8.04. The number of benzene rings is 1. The van der Waals surface area contributed by atoms with Crippen LogP contribution < -0.4 is 0 Å². The SMILES string of the molecule is O=S(=O)(Cc1cn2cc(-c3noc(C(F)(F)F)n3)ccc2n1)c1ccc(F)cc1. The van der Waals surface area contributed by atoms with Gasteiger partial charge in [0, 0.05) is 18.0 Å². The number of hydrogen-bond acceptors (Lipinski definition) is 6. The fourth-order valence-electron chi connectivity index (χ4n) is 2.62. The van der Waals surface area contributed by atoms with Gasteiger partial charge in [0.25, 0.3) is 0 Å². The molecule has 0 fully saturated rings. The maximum absolute atomic E-state index is 13.0. The molecular weight excluding hydrogens is 416 g/mol. The van der Waals surface area contributed by atoms with Gasteiger partial charge in [0.05, 0.1) is 16.3 Å². The van der Waals surface area contributed by atoms with Crippen molar-refractivity contribution in [1.82, 2.24) is 19.5 Å². The van der Waals surface area contributed by atoms with Crippen LogP contribution in [0.4, 0.5) is 17.6 Å². The normalized spacial score (nSPS) is 12.6. The molecule has 0 radical (unpaired) electrons. The van der Waals surface area contributed by atoms with E-state index in [0.29, 0.717) is 5.65 Å². The van der Waals surface area contributed by atoms with Crippen LogP contribution in [0.1, 0.15) is 11.6 Å². The van der Waals surface area contributed by atoms with Crippen LogP contribution in [0.5, 0.6) is 0 Å². The second-order valence-electron chi connectivity index (χ2n) is 6.05. The number of alkyl halides is 3. The first-order chi connectivity index (χ1) is 13.6. The van der Waals surface area contributed by atoms with Gasteiger partial charge in [-0.3, -0.25) is 0 Å². The number of nitrogens with zero attached hydrogens (tertiary/aromatic N) is 4. The quantitative estimate of drug-likeness (QED) is 0.366. The van der Waals surface area contributed by atoms with E-state index in [4.69, 9.17) is 0 Å². The molecule has 0 unspecified atom stereocenters. The van der Waals surface area contributed by atoms with Gasteiger partial charge in [-0.25, -0.2) is 17.8 Å². The molecule has 0 saturated carbocycles. The number of halogens is 4. The largest absolute Gasteiger partial charge is 0.471 e. The zero-order chi connectivity index (χ0) is 20.8. The molecule has 7 nitrogen and oxygen atoms in total. The monoisotopic (exact) mass is 426 g/mol. The summed E-state index contributed by atoms with van der Waals surface area (Å²) in [5.41, 5.74) is 0.801. The average molecular weight is 426 g/mol. The Kier molecular flexibility index (Phi) is 4.37. The summed E-state index contributed by atoms with van der Waals surface area (Å²) in [4.78, 5) is 7.44. The zero-order valence-electron chi connectivity index (χ0n) is 14.3. The number of hydrogen-bond donors (Lipinski definition) is 0. The molecule has 3 heterocycles. The van der Waals surface area contributed by atoms with E-state index in [2.05, 4.69) is 19.6 Å². The molecule has 150 valence electrons. The second kappa shape index (κ2) is 6.65. The van der Waals surface area contributed by atoms with Gasteiger partial charge < -0.3 is 8.92 Å². The predicted molar refractivity (Wildman–Crippen MR) is 90.8 cm³/mol. The zero-order valence-corrected chi connectivity index (χ0v) is 15.1. The van der Waals surface area contributed by atoms with Gasteiger partial charge in [-0.15, -0.1) is 0 Å². The number of aromatic nitrogens is 4. The molecule has 0 atom stereocenters. The summed E-state index contributed by atoms with van der Waals surface area (Å²) in [6.07, 6.45) is -1.93. The van der Waals surface area contributed by atoms with E-state index in [-0.39, 0.29) is 22.0 Å². The predicted octanol–water partition coefficient (Wildman–Crippen LogP) is 3.52. The van der Waals surface area contributed by atoms with Crippen LogP contribution in [-0.2, 0) is 21.8 Å². The molecule has 4 aromatic rings. The van der Waals surface area contributed by atoms with Crippen molar-refractivity contribution < 1.29 is 30.5 Å². The van der Waals surface area contributed by atoms with Crippen LogP contribution in [0.2, 0.25) is 0 Å². The molecule has 3 aromatic heterocycles. The van der Waals surface area contributed by atoms with Crippen molar-refractivity contribution in [2.24, 2.45) is 0 Å². The van der Waals surface area contributed by atoms with E-state index in [0.717, 1.165) is 24.3 Å². The van der Waals surface area contributed by atoms with E-state index in [1.807, 2.05) is 0 Å². The maximum atomic E-state index is 13.0. The first-order valence-corrected chi connectivity index (χ1v) is 9.64. The molecule has 0 N–H and O–H groups in total. The number of pyridine rings is 1. The molecule has 12 heteroatoms. The fraction of sp³-hybridized carbons (Fsp3) is 0.118. The first kappa shape index (κ1) is 19.1. The smallest absolute Gasteiger partial charge is 0.329 e. The van der Waals surface area contributed by atoms with E-state index < -0.39 is 33.5 Å². The molecular formula is C17H10F4N4O3S. The Hall–Kier alpha value is -3.28. The lowest BCUT2D eigenvalue weighted by molar-refractivity contribution is -0.159. The van der Waals surface area contributed by atoms with Crippen LogP contribution in [0, 0.1) is 5.82 Å². The Morgan fingerprint density at radius 1 is 1.00 bits per heavy atom. The van der Waals surface area contributed by atoms with E-state index >= 15 is 0 Å². The minimum atomic E-state index is -4.76. The lowest BCUT2D eigenvalue weighted by Crippen LogP contribution is -2.05. The lowest BCUT2D eigenvalue weighted by atomic mass is 10.3. The summed E-state index contributed by atoms with van der Waals surface area (Å²) in [7, 11) is -3.76. The van der Waals surface area contributed by atoms with Crippen LogP contribution >= 0.6 is 0 Å². The maximum Gasteiger partial charge on any atom is 0.471 e. The van der Waals surface area contributed by atoms with E-state index in [1.165, 1.54) is 28.9 Å². The summed E-state index contributed by atoms with van der Waals surface area (Å²) in [6.45, 7) is 0. The standard InChI is InChI=1S/C17H10F4N4O3S/c18-11-2-4-13(5-3-11)29(26,27)9-12-8-25-7-10(1-6-14(25)22-12)15-23-16(28-24-15)17(19,20)21/h1-8H,9H2. The first-order valence-electron chi connectivity index (χ1n) is 7.99. The molecule has 0 spiro atoms. The van der Waals surface area contributed by atoms with Crippen LogP contribution in [0.3, 0.4) is 0 Å². The van der Waals surface area contributed by atoms with Crippen molar-refractivity contribution in [3.05, 3.63) is 66.2 Å². The topological polar surface area (TPSA) is 90.4 Å². The molecule has 1 aromatic carbocycles. The molecule has 4 rings (SSSR count). The summed E-state index contributed by atoms with van der Waals surface area (Å²) in [5.74, 6) is -2.73. The molecule has 0 bridgehead atoms. The van der Waals surface area contributed by atoms with E-state index in [1.54, 1.807) is 0 Å². The number of fused-ring (bicyclic) bond motifs is 1. The lowest BCUT2D eigenvalue weighted by Gasteiger charge is -2.01. The Labute approximate surface area is 160 Å². The summed E-state index contributed by atoms with van der Waals surface area (Å²) in [6, 6.07) is 7.32. The molecule has 0 saturated heterocycles. The molecule has 0 aliphatic rings. The van der Waals surface area contributed by atoms with Gasteiger partial charge in [0.2, 0.25) is 5.82 Å². The van der Waals surface area contributed by atoms with Crippen molar-refractivity contribution >= 4 is 15.5 Å². The molecule has 29 heavy (non-hydrogen) atoms. The highest BCUT2D eigenvalue weighted by Gasteiger charge is 2.38. The summed E-state index contributed by atoms with van der Waals surface area (Å²) < 4.78 is 81.4. The summed E-state index contributed by atoms with van der Waals surface area (Å²) >= 11 is 0. The third kappa shape index (κ3) is 3.83. The van der Waals surface area contributed by atoms with Crippen LogP contribution in [0.25, 0.3) is 17.0 Å². The third-order valence-corrected chi connectivity index (χ3v) is 5.60. The van der Waals surface area contributed by atoms with Gasteiger partial charge in [-0.05, 0) is 36.4 Å². The van der Waals surface area contributed by atoms with Gasteiger partial charge in [-0.1, -0.05) is 5.16 Å². The number of sulfone groups is 1. The van der Waals surface area contributed by atoms with Crippen LogP contribution in [0.15, 0.2) is 58.2 Å². The van der Waals surface area contributed by atoms with Crippen molar-refractivity contribution in [2.75, 3.05) is 0 Å². The Morgan fingerprint density at radius 3 is 2.38 bits per heavy atom. The van der Waals surface area contributed by atoms with Gasteiger partial charge >= 0.3 is 12.1 Å². The highest BCUT2D eigenvalue weighted by Crippen LogP contribution is 2.29. The van der Waals surface area contributed by atoms with Crippen molar-refractivity contribution in [3.63, 3.8) is 0 Å². The van der Waals surface area contributed by atoms with E-state index in [9.17, 15) is 26.0 Å². The Balaban J connectivity index is 1.63. The number of rotatable bonds is 4. The minimum Gasteiger partial charge on any atom is -0.329 e. The summed E-state index contributed by atoms with van der Waals surface area (Å²) in [5, 5.41) is 3.31. The van der Waals surface area contributed by atoms with Crippen molar-refractivity contribution in [2.45, 2.75) is 16.8 Å². The van der Waals surface area contributed by atoms with Gasteiger partial charge in [-0.2, -0.15) is 18.2 Å². The average Bonchev–Trinajstić information content (AvgIpc) is 3.27. The Morgan fingerprint density at radius 2 is 1.72 bits per heavy atom. The minimum absolute atomic E-state index is 0.0527. The third-order valence-electron chi connectivity index (χ3n) is 3.94. The van der Waals surface area contributed by atoms with Gasteiger partial charge in [0.1, 0.15) is 11.5 Å². The molecule has 0 aliphatic carbocycles. The Bertz CT molecular complexity index is 1290. The highest BCUT2D eigenvalue weighted by atomic mass is 32.2. The van der Waals surface area contributed by atoms with Gasteiger partial charge in [0.15, 0.2) is 9.84 Å². The highest BCUT2D eigenvalue weighted by molar-refractivity contribution is 7.90. The fourth-order valence-corrected chi connectivity index (χ4v) is 3.87. The van der Waals surface area contributed by atoms with Crippen molar-refractivity contribution in [1.29, 1.82) is 0 Å². The van der Waals surface area contributed by atoms with Crippen molar-refractivity contribution in [3.8, 4) is 11.4 Å². The van der Waals surface area contributed by atoms with Crippen LogP contribution in [-0.4, -0.2) is 27.9 Å².